The molecule has 2 aromatic rings. The Labute approximate surface area is 292 Å². The summed E-state index contributed by atoms with van der Waals surface area (Å²) in [7, 11) is 1.70. The molecule has 4 aliphatic rings. The molecule has 0 aromatic heterocycles. The Morgan fingerprint density at radius 1 is 1.02 bits per heavy atom. The molecule has 6 rings (SSSR count). The first-order chi connectivity index (χ1) is 23.4. The van der Waals surface area contributed by atoms with Gasteiger partial charge in [-0.3, -0.25) is 19.2 Å². The molecule has 0 bridgehead atoms. The Kier molecular flexibility index (Phi) is 9.77. The second-order valence-electron chi connectivity index (χ2n) is 13.8. The average molecular weight is 690 g/mol. The standard InChI is InChI=1S/C38H44ClN3O7/c1-22(2)27(21-43)42-34-36(46)41(32-23(3)13-11-16-26(32)39)20-12-19-38(34)31(35(42)45)30-28(49-38)17-9-10-18-29(44)40(5)24(4)33(48-37(30)47)25-14-7-6-8-15-25/h6-9,11-17,19,22,24,27-28,30-31,33-34,43H,10,18,20-21H2,1-5H3/b17-9-/t24-,27-,28-,30+,31+,33+,34-,38+/m0/s1. The number of carbonyl (C=O) groups excluding carboxylic acids is 4. The van der Waals surface area contributed by atoms with Crippen molar-refractivity contribution in [3.05, 3.63) is 89.0 Å². The van der Waals surface area contributed by atoms with Crippen LogP contribution in [0.1, 0.15) is 50.8 Å². The summed E-state index contributed by atoms with van der Waals surface area (Å²) in [5.74, 6) is -4.13. The number of ether oxygens (including phenoxy) is 2. The number of fused-ring (bicyclic) bond motifs is 2. The Morgan fingerprint density at radius 2 is 1.76 bits per heavy atom. The van der Waals surface area contributed by atoms with E-state index >= 15 is 0 Å². The van der Waals surface area contributed by atoms with Gasteiger partial charge in [0.05, 0.1) is 41.4 Å². The number of aliphatic hydroxyl groups is 1. The molecule has 260 valence electrons. The van der Waals surface area contributed by atoms with Gasteiger partial charge < -0.3 is 29.3 Å². The maximum Gasteiger partial charge on any atom is 0.313 e. The zero-order valence-electron chi connectivity index (χ0n) is 28.5. The summed E-state index contributed by atoms with van der Waals surface area (Å²) >= 11 is 6.68. The molecule has 0 radical (unpaired) electrons. The van der Waals surface area contributed by atoms with E-state index in [0.29, 0.717) is 22.7 Å². The summed E-state index contributed by atoms with van der Waals surface area (Å²) in [6.07, 6.45) is 5.90. The van der Waals surface area contributed by atoms with Gasteiger partial charge in [-0.2, -0.15) is 0 Å². The number of benzene rings is 2. The van der Waals surface area contributed by atoms with Crippen LogP contribution in [0.4, 0.5) is 5.69 Å². The smallest absolute Gasteiger partial charge is 0.313 e. The van der Waals surface area contributed by atoms with Crippen molar-refractivity contribution >= 4 is 41.0 Å². The average Bonchev–Trinajstić information content (AvgIpc) is 3.46. The number of likely N-dealkylation sites (tertiary alicyclic amines) is 1. The third-order valence-corrected chi connectivity index (χ3v) is 10.9. The molecule has 0 aliphatic carbocycles. The number of aryl methyl sites for hydroxylation is 1. The predicted molar refractivity (Wildman–Crippen MR) is 184 cm³/mol. The van der Waals surface area contributed by atoms with Gasteiger partial charge in [-0.05, 0) is 43.4 Å². The third kappa shape index (κ3) is 5.87. The van der Waals surface area contributed by atoms with Crippen LogP contribution in [0.15, 0.2) is 72.8 Å². The first kappa shape index (κ1) is 34.9. The van der Waals surface area contributed by atoms with Crippen LogP contribution in [0, 0.1) is 24.7 Å². The van der Waals surface area contributed by atoms with E-state index in [1.54, 1.807) is 47.2 Å². The molecule has 0 saturated carbocycles. The van der Waals surface area contributed by atoms with E-state index in [-0.39, 0.29) is 24.8 Å². The Hall–Kier alpha value is -3.99. The maximum absolute atomic E-state index is 14.9. The maximum atomic E-state index is 14.9. The van der Waals surface area contributed by atoms with Gasteiger partial charge in [-0.15, -0.1) is 0 Å². The lowest BCUT2D eigenvalue weighted by molar-refractivity contribution is -0.164. The van der Waals surface area contributed by atoms with Crippen molar-refractivity contribution in [3.8, 4) is 0 Å². The second-order valence-corrected chi connectivity index (χ2v) is 14.2. The van der Waals surface area contributed by atoms with Crippen molar-refractivity contribution in [1.29, 1.82) is 0 Å². The Balaban J connectivity index is 1.50. The van der Waals surface area contributed by atoms with E-state index < -0.39 is 72.2 Å². The highest BCUT2D eigenvalue weighted by Gasteiger charge is 2.73. The first-order valence-corrected chi connectivity index (χ1v) is 17.3. The van der Waals surface area contributed by atoms with Crippen LogP contribution in [0.3, 0.4) is 0 Å². The van der Waals surface area contributed by atoms with Crippen LogP contribution in [-0.2, 0) is 28.7 Å². The molecule has 8 atom stereocenters. The number of nitrogens with zero attached hydrogens (tertiary/aromatic N) is 3. The van der Waals surface area contributed by atoms with Gasteiger partial charge in [-0.25, -0.2) is 0 Å². The fourth-order valence-electron chi connectivity index (χ4n) is 7.97. The molecular formula is C38H44ClN3O7. The summed E-state index contributed by atoms with van der Waals surface area (Å²) in [4.78, 5) is 62.2. The number of para-hydroxylation sites is 1. The van der Waals surface area contributed by atoms with E-state index in [0.717, 1.165) is 5.56 Å². The van der Waals surface area contributed by atoms with Crippen molar-refractivity contribution in [1.82, 2.24) is 9.80 Å². The zero-order valence-corrected chi connectivity index (χ0v) is 29.2. The number of aliphatic hydroxyl groups excluding tert-OH is 1. The molecular weight excluding hydrogens is 646 g/mol. The highest BCUT2D eigenvalue weighted by atomic mass is 35.5. The number of likely N-dealkylation sites (N-methyl/N-ethyl adjacent to an activating group) is 1. The van der Waals surface area contributed by atoms with Crippen molar-refractivity contribution in [2.75, 3.05) is 25.1 Å². The summed E-state index contributed by atoms with van der Waals surface area (Å²) in [6, 6.07) is 12.1. The van der Waals surface area contributed by atoms with Crippen LogP contribution >= 0.6 is 11.6 Å². The van der Waals surface area contributed by atoms with E-state index in [1.807, 2.05) is 70.2 Å². The largest absolute Gasteiger partial charge is 0.455 e. The number of halogens is 1. The monoisotopic (exact) mass is 689 g/mol. The van der Waals surface area contributed by atoms with Gasteiger partial charge in [0.25, 0.3) is 5.91 Å². The number of hydrogen-bond donors (Lipinski definition) is 1. The summed E-state index contributed by atoms with van der Waals surface area (Å²) < 4.78 is 13.2. The van der Waals surface area contributed by atoms with Gasteiger partial charge in [0, 0.05) is 20.0 Å². The quantitative estimate of drug-likeness (QED) is 0.360. The second kappa shape index (κ2) is 13.7. The zero-order chi connectivity index (χ0) is 35.2. The summed E-state index contributed by atoms with van der Waals surface area (Å²) in [6.45, 7) is 7.21. The van der Waals surface area contributed by atoms with Crippen molar-refractivity contribution < 1.29 is 33.8 Å². The Bertz CT molecular complexity index is 1660. The van der Waals surface area contributed by atoms with Gasteiger partial charge in [-0.1, -0.05) is 92.2 Å². The minimum absolute atomic E-state index is 0.101. The molecule has 0 unspecified atom stereocenters. The number of rotatable bonds is 5. The van der Waals surface area contributed by atoms with E-state index in [2.05, 4.69) is 0 Å². The molecule has 2 saturated heterocycles. The Morgan fingerprint density at radius 3 is 2.43 bits per heavy atom. The number of esters is 1. The number of cyclic esters (lactones) is 1. The molecule has 2 aromatic carbocycles. The van der Waals surface area contributed by atoms with Crippen LogP contribution in [-0.4, -0.2) is 88.6 Å². The topological polar surface area (TPSA) is 117 Å². The molecule has 49 heavy (non-hydrogen) atoms. The van der Waals surface area contributed by atoms with Crippen molar-refractivity contribution in [2.24, 2.45) is 17.8 Å². The van der Waals surface area contributed by atoms with Crippen LogP contribution in [0.2, 0.25) is 5.02 Å². The lowest BCUT2D eigenvalue weighted by Gasteiger charge is -2.40. The van der Waals surface area contributed by atoms with Gasteiger partial charge in [0.1, 0.15) is 23.7 Å². The fraction of sp³-hybridized carbons (Fsp3) is 0.474. The van der Waals surface area contributed by atoms with Gasteiger partial charge >= 0.3 is 5.97 Å². The van der Waals surface area contributed by atoms with Gasteiger partial charge in [0.2, 0.25) is 11.8 Å². The predicted octanol–water partition coefficient (Wildman–Crippen LogP) is 4.63. The fourth-order valence-corrected chi connectivity index (χ4v) is 8.29. The van der Waals surface area contributed by atoms with Crippen LogP contribution in [0.5, 0.6) is 0 Å². The van der Waals surface area contributed by atoms with Crippen LogP contribution in [0.25, 0.3) is 0 Å². The lowest BCUT2D eigenvalue weighted by atomic mass is 9.77. The van der Waals surface area contributed by atoms with Crippen molar-refractivity contribution in [2.45, 2.75) is 76.5 Å². The lowest BCUT2D eigenvalue weighted by Crippen LogP contribution is -2.59. The van der Waals surface area contributed by atoms with Crippen LogP contribution < -0.4 is 4.90 Å². The number of carbonyl (C=O) groups is 4. The van der Waals surface area contributed by atoms with E-state index in [4.69, 9.17) is 21.1 Å². The molecule has 1 N–H and O–H groups in total. The summed E-state index contributed by atoms with van der Waals surface area (Å²) in [5, 5.41) is 11.0. The number of amides is 3. The molecule has 11 heteroatoms. The van der Waals surface area contributed by atoms with E-state index in [1.165, 1.54) is 4.90 Å². The molecule has 1 spiro atoms. The summed E-state index contributed by atoms with van der Waals surface area (Å²) in [5.41, 5.74) is 0.447. The molecule has 10 nitrogen and oxygen atoms in total. The SMILES string of the molecule is Cc1cccc(Cl)c1N1CC=C[C@@]23O[C@H]4/C=C\CCC(=O)N(C)[C@@H](C)[C@H](c5ccccc5)OC(=O)[C@H]4[C@@H]2C(=O)N([C@@H](CO)C(C)C)[C@H]3C1=O. The third-order valence-electron chi connectivity index (χ3n) is 10.6. The number of hydrogen-bond acceptors (Lipinski definition) is 7. The molecule has 4 heterocycles. The number of allylic oxidation sites excluding steroid dienone is 1. The molecule has 3 amide bonds. The molecule has 2 fully saturated rings. The highest BCUT2D eigenvalue weighted by Crippen LogP contribution is 2.54. The molecule has 4 aliphatic heterocycles. The van der Waals surface area contributed by atoms with E-state index in [9.17, 15) is 24.3 Å². The normalized spacial score (nSPS) is 31.8. The first-order valence-electron chi connectivity index (χ1n) is 17.0. The minimum Gasteiger partial charge on any atom is -0.455 e. The number of anilines is 1. The highest BCUT2D eigenvalue weighted by molar-refractivity contribution is 6.34. The van der Waals surface area contributed by atoms with Gasteiger partial charge in [0.15, 0.2) is 0 Å². The van der Waals surface area contributed by atoms with Crippen molar-refractivity contribution in [3.63, 3.8) is 0 Å². The minimum atomic E-state index is -1.56.